The van der Waals surface area contributed by atoms with Crippen molar-refractivity contribution in [2.45, 2.75) is 52.7 Å². The van der Waals surface area contributed by atoms with Gasteiger partial charge in [0.15, 0.2) is 0 Å². The Bertz CT molecular complexity index is 255. The van der Waals surface area contributed by atoms with Crippen LogP contribution in [-0.2, 0) is 14.3 Å². The average molecular weight is 257 g/mol. The molecule has 4 heteroatoms. The van der Waals surface area contributed by atoms with E-state index in [0.717, 1.165) is 19.4 Å². The van der Waals surface area contributed by atoms with Gasteiger partial charge in [-0.05, 0) is 25.7 Å². The molecule has 1 saturated heterocycles. The van der Waals surface area contributed by atoms with Gasteiger partial charge in [0.25, 0.3) is 0 Å². The van der Waals surface area contributed by atoms with E-state index in [1.165, 1.54) is 0 Å². The Balaban J connectivity index is 2.21. The predicted molar refractivity (Wildman–Crippen MR) is 71.4 cm³/mol. The zero-order valence-corrected chi connectivity index (χ0v) is 12.1. The number of amides is 1. The maximum Gasteiger partial charge on any atom is 0.246 e. The second kappa shape index (κ2) is 7.74. The highest BCUT2D eigenvalue weighted by Gasteiger charge is 2.30. The minimum atomic E-state index is -0.0234. The molecule has 1 aliphatic heterocycles. The van der Waals surface area contributed by atoms with E-state index in [1.807, 2.05) is 13.8 Å². The number of hydrogen-bond acceptors (Lipinski definition) is 3. The van der Waals surface area contributed by atoms with Gasteiger partial charge in [0.1, 0.15) is 6.61 Å². The average Bonchev–Trinajstić information content (AvgIpc) is 2.81. The molecule has 0 saturated carbocycles. The van der Waals surface area contributed by atoms with Crippen molar-refractivity contribution in [3.05, 3.63) is 0 Å². The summed E-state index contributed by atoms with van der Waals surface area (Å²) in [5.74, 6) is 0.924. The highest BCUT2D eigenvalue weighted by Crippen LogP contribution is 2.25. The molecule has 3 atom stereocenters. The minimum absolute atomic E-state index is 0.0234. The van der Waals surface area contributed by atoms with Crippen LogP contribution in [0.2, 0.25) is 0 Å². The molecule has 4 nitrogen and oxygen atoms in total. The fourth-order valence-electron chi connectivity index (χ4n) is 2.24. The molecular weight excluding hydrogens is 230 g/mol. The van der Waals surface area contributed by atoms with Crippen molar-refractivity contribution in [2.75, 3.05) is 19.8 Å². The molecule has 0 aromatic carbocycles. The minimum Gasteiger partial charge on any atom is -0.378 e. The Morgan fingerprint density at radius 3 is 2.78 bits per heavy atom. The lowest BCUT2D eigenvalue weighted by molar-refractivity contribution is -0.127. The smallest absolute Gasteiger partial charge is 0.246 e. The summed E-state index contributed by atoms with van der Waals surface area (Å²) in [5, 5.41) is 2.94. The quantitative estimate of drug-likeness (QED) is 0.758. The number of hydrogen-bond donors (Lipinski definition) is 1. The number of ether oxygens (including phenoxy) is 2. The van der Waals surface area contributed by atoms with Gasteiger partial charge in [-0.1, -0.05) is 20.8 Å². The lowest BCUT2D eigenvalue weighted by atomic mass is 9.93. The molecule has 0 aliphatic carbocycles. The van der Waals surface area contributed by atoms with Crippen LogP contribution in [0.1, 0.15) is 40.5 Å². The van der Waals surface area contributed by atoms with E-state index in [4.69, 9.17) is 9.47 Å². The summed E-state index contributed by atoms with van der Waals surface area (Å²) in [7, 11) is 0. The van der Waals surface area contributed by atoms with Crippen LogP contribution >= 0.6 is 0 Å². The van der Waals surface area contributed by atoms with Gasteiger partial charge in [-0.3, -0.25) is 4.79 Å². The zero-order valence-electron chi connectivity index (χ0n) is 12.1. The van der Waals surface area contributed by atoms with Gasteiger partial charge in [-0.25, -0.2) is 0 Å². The Morgan fingerprint density at radius 2 is 2.17 bits per heavy atom. The molecule has 1 aliphatic rings. The topological polar surface area (TPSA) is 47.6 Å². The normalized spacial score (nSPS) is 25.4. The van der Waals surface area contributed by atoms with Gasteiger partial charge in [-0.15, -0.1) is 0 Å². The monoisotopic (exact) mass is 257 g/mol. The fraction of sp³-hybridized carbons (Fsp3) is 0.929. The van der Waals surface area contributed by atoms with Crippen LogP contribution in [0.15, 0.2) is 0 Å². The van der Waals surface area contributed by atoms with Crippen LogP contribution in [-0.4, -0.2) is 37.9 Å². The fourth-order valence-corrected chi connectivity index (χ4v) is 2.24. The lowest BCUT2D eigenvalue weighted by Crippen LogP contribution is -2.37. The van der Waals surface area contributed by atoms with Gasteiger partial charge >= 0.3 is 0 Å². The maximum atomic E-state index is 11.6. The Kier molecular flexibility index (Phi) is 6.65. The summed E-state index contributed by atoms with van der Waals surface area (Å²) >= 11 is 0. The Morgan fingerprint density at radius 1 is 1.44 bits per heavy atom. The number of carbonyl (C=O) groups is 1. The highest BCUT2D eigenvalue weighted by molar-refractivity contribution is 5.77. The molecule has 1 rings (SSSR count). The van der Waals surface area contributed by atoms with E-state index < -0.39 is 0 Å². The van der Waals surface area contributed by atoms with Gasteiger partial charge < -0.3 is 14.8 Å². The van der Waals surface area contributed by atoms with Crippen LogP contribution in [0.5, 0.6) is 0 Å². The van der Waals surface area contributed by atoms with E-state index in [1.54, 1.807) is 0 Å². The molecule has 1 amide bonds. The van der Waals surface area contributed by atoms with Gasteiger partial charge in [0, 0.05) is 19.1 Å². The second-order valence-electron chi connectivity index (χ2n) is 5.46. The predicted octanol–water partition coefficient (Wildman–Crippen LogP) is 1.98. The van der Waals surface area contributed by atoms with Crippen LogP contribution in [0.25, 0.3) is 0 Å². The maximum absolute atomic E-state index is 11.6. The SMILES string of the molecule is CC[C@H](C)OCC(=O)NC[C@H]1CCO[C@@H]1C(C)C. The first-order valence-corrected chi connectivity index (χ1v) is 7.04. The van der Waals surface area contributed by atoms with E-state index >= 15 is 0 Å². The summed E-state index contributed by atoms with van der Waals surface area (Å²) in [4.78, 5) is 11.6. The summed E-state index contributed by atoms with van der Waals surface area (Å²) in [6.45, 7) is 10.0. The van der Waals surface area contributed by atoms with Crippen molar-refractivity contribution in [1.82, 2.24) is 5.32 Å². The molecule has 18 heavy (non-hydrogen) atoms. The summed E-state index contributed by atoms with van der Waals surface area (Å²) in [5.41, 5.74) is 0. The van der Waals surface area contributed by atoms with Crippen LogP contribution < -0.4 is 5.32 Å². The van der Waals surface area contributed by atoms with E-state index in [0.29, 0.717) is 18.4 Å². The van der Waals surface area contributed by atoms with Crippen LogP contribution in [0.3, 0.4) is 0 Å². The van der Waals surface area contributed by atoms with Crippen molar-refractivity contribution < 1.29 is 14.3 Å². The van der Waals surface area contributed by atoms with Crippen LogP contribution in [0.4, 0.5) is 0 Å². The van der Waals surface area contributed by atoms with Crippen molar-refractivity contribution in [1.29, 1.82) is 0 Å². The number of nitrogens with one attached hydrogen (secondary N) is 1. The molecule has 1 fully saturated rings. The second-order valence-corrected chi connectivity index (χ2v) is 5.46. The van der Waals surface area contributed by atoms with Crippen molar-refractivity contribution in [3.63, 3.8) is 0 Å². The molecule has 1 N–H and O–H groups in total. The molecule has 0 aromatic heterocycles. The zero-order chi connectivity index (χ0) is 13.5. The van der Waals surface area contributed by atoms with Crippen LogP contribution in [0, 0.1) is 11.8 Å². The first kappa shape index (κ1) is 15.4. The van der Waals surface area contributed by atoms with Crippen molar-refractivity contribution in [2.24, 2.45) is 11.8 Å². The van der Waals surface area contributed by atoms with E-state index in [-0.39, 0.29) is 24.7 Å². The lowest BCUT2D eigenvalue weighted by Gasteiger charge is -2.22. The largest absolute Gasteiger partial charge is 0.378 e. The molecule has 0 aromatic rings. The first-order chi connectivity index (χ1) is 8.54. The number of carbonyl (C=O) groups excluding carboxylic acids is 1. The third-order valence-electron chi connectivity index (χ3n) is 3.56. The Hall–Kier alpha value is -0.610. The molecule has 1 heterocycles. The molecule has 106 valence electrons. The molecule has 0 radical (unpaired) electrons. The first-order valence-electron chi connectivity index (χ1n) is 7.04. The van der Waals surface area contributed by atoms with Gasteiger partial charge in [0.2, 0.25) is 5.91 Å². The third kappa shape index (κ3) is 4.94. The van der Waals surface area contributed by atoms with Crippen molar-refractivity contribution >= 4 is 5.91 Å². The molecule has 0 spiro atoms. The Labute approximate surface area is 110 Å². The van der Waals surface area contributed by atoms with Crippen molar-refractivity contribution in [3.8, 4) is 0 Å². The van der Waals surface area contributed by atoms with Gasteiger partial charge in [-0.2, -0.15) is 0 Å². The molecular formula is C14H27NO3. The summed E-state index contributed by atoms with van der Waals surface area (Å²) in [6, 6.07) is 0. The highest BCUT2D eigenvalue weighted by atomic mass is 16.5. The van der Waals surface area contributed by atoms with E-state index in [2.05, 4.69) is 19.2 Å². The summed E-state index contributed by atoms with van der Waals surface area (Å²) in [6.07, 6.45) is 2.39. The third-order valence-corrected chi connectivity index (χ3v) is 3.56. The molecule has 0 bridgehead atoms. The van der Waals surface area contributed by atoms with E-state index in [9.17, 15) is 4.79 Å². The standard InChI is InChI=1S/C14H27NO3/c1-5-11(4)18-9-13(16)15-8-12-6-7-17-14(12)10(2)3/h10-12,14H,5-9H2,1-4H3,(H,15,16)/t11-,12+,14+/m0/s1. The summed E-state index contributed by atoms with van der Waals surface area (Å²) < 4.78 is 11.1. The molecule has 0 unspecified atom stereocenters. The van der Waals surface area contributed by atoms with Gasteiger partial charge in [0.05, 0.1) is 12.2 Å². The number of rotatable bonds is 7.